The maximum atomic E-state index is 12.3. The highest BCUT2D eigenvalue weighted by Crippen LogP contribution is 2.19. The molecule has 1 aromatic rings. The first kappa shape index (κ1) is 17.8. The second-order valence-corrected chi connectivity index (χ2v) is 6.12. The van der Waals surface area contributed by atoms with Gasteiger partial charge in [0.2, 0.25) is 0 Å². The molecule has 1 aliphatic heterocycles. The number of anilines is 1. The van der Waals surface area contributed by atoms with Crippen molar-refractivity contribution in [3.05, 3.63) is 29.8 Å². The topological polar surface area (TPSA) is 67.6 Å². The van der Waals surface area contributed by atoms with Gasteiger partial charge in [0, 0.05) is 36.9 Å². The molecule has 5 nitrogen and oxygen atoms in total. The quantitative estimate of drug-likeness (QED) is 0.756. The molecule has 1 aromatic carbocycles. The van der Waals surface area contributed by atoms with Gasteiger partial charge in [-0.2, -0.15) is 0 Å². The second-order valence-electron chi connectivity index (χ2n) is 6.12. The molecular formula is C18H29N3O2. The highest BCUT2D eigenvalue weighted by atomic mass is 16.5. The summed E-state index contributed by atoms with van der Waals surface area (Å²) in [5.74, 6) is 0.550. The van der Waals surface area contributed by atoms with Crippen molar-refractivity contribution in [2.75, 3.05) is 38.6 Å². The predicted octanol–water partition coefficient (Wildman–Crippen LogP) is 2.14. The average Bonchev–Trinajstić information content (AvgIpc) is 2.59. The number of nitrogens with zero attached hydrogens (tertiary/aromatic N) is 1. The molecule has 0 bridgehead atoms. The number of benzene rings is 1. The van der Waals surface area contributed by atoms with Gasteiger partial charge in [0.15, 0.2) is 0 Å². The van der Waals surface area contributed by atoms with Crippen LogP contribution in [0, 0.1) is 5.92 Å². The molecule has 128 valence electrons. The van der Waals surface area contributed by atoms with E-state index in [0.29, 0.717) is 29.8 Å². The van der Waals surface area contributed by atoms with E-state index in [0.717, 1.165) is 39.1 Å². The second kappa shape index (κ2) is 8.89. The number of nitrogens with two attached hydrogens (primary N) is 1. The van der Waals surface area contributed by atoms with Crippen molar-refractivity contribution in [2.45, 2.75) is 32.7 Å². The summed E-state index contributed by atoms with van der Waals surface area (Å²) in [6.45, 7) is 8.57. The molecule has 5 heteroatoms. The fourth-order valence-electron chi connectivity index (χ4n) is 3.27. The summed E-state index contributed by atoms with van der Waals surface area (Å²) in [5.41, 5.74) is 7.00. The lowest BCUT2D eigenvalue weighted by Gasteiger charge is -2.38. The first-order valence-electron chi connectivity index (χ1n) is 8.61. The highest BCUT2D eigenvalue weighted by Gasteiger charge is 2.27. The van der Waals surface area contributed by atoms with Crippen molar-refractivity contribution in [3.63, 3.8) is 0 Å². The minimum absolute atomic E-state index is 0.0331. The smallest absolute Gasteiger partial charge is 0.251 e. The van der Waals surface area contributed by atoms with E-state index < -0.39 is 0 Å². The molecule has 1 atom stereocenters. The van der Waals surface area contributed by atoms with Crippen molar-refractivity contribution in [1.82, 2.24) is 10.2 Å². The maximum absolute atomic E-state index is 12.3. The zero-order valence-corrected chi connectivity index (χ0v) is 14.3. The van der Waals surface area contributed by atoms with Gasteiger partial charge in [0.25, 0.3) is 5.91 Å². The Hall–Kier alpha value is -1.59. The van der Waals surface area contributed by atoms with Crippen molar-refractivity contribution in [2.24, 2.45) is 5.92 Å². The largest absolute Gasteiger partial charge is 0.399 e. The van der Waals surface area contributed by atoms with Crippen LogP contribution >= 0.6 is 0 Å². The molecule has 2 rings (SSSR count). The van der Waals surface area contributed by atoms with Gasteiger partial charge in [-0.15, -0.1) is 0 Å². The zero-order chi connectivity index (χ0) is 16.7. The predicted molar refractivity (Wildman–Crippen MR) is 93.4 cm³/mol. The monoisotopic (exact) mass is 319 g/mol. The van der Waals surface area contributed by atoms with Gasteiger partial charge >= 0.3 is 0 Å². The van der Waals surface area contributed by atoms with E-state index in [1.807, 2.05) is 0 Å². The van der Waals surface area contributed by atoms with Crippen molar-refractivity contribution >= 4 is 11.6 Å². The third-order valence-corrected chi connectivity index (χ3v) is 4.75. The van der Waals surface area contributed by atoms with Gasteiger partial charge in [-0.25, -0.2) is 0 Å². The molecule has 0 spiro atoms. The third kappa shape index (κ3) is 4.94. The summed E-state index contributed by atoms with van der Waals surface area (Å²) in [6, 6.07) is 7.42. The van der Waals surface area contributed by atoms with Crippen molar-refractivity contribution in [3.8, 4) is 0 Å². The summed E-state index contributed by atoms with van der Waals surface area (Å²) in [5, 5.41) is 3.10. The number of carbonyl (C=O) groups is 1. The Morgan fingerprint density at radius 1 is 1.22 bits per heavy atom. The van der Waals surface area contributed by atoms with Crippen LogP contribution in [0.15, 0.2) is 24.3 Å². The molecule has 1 saturated heterocycles. The van der Waals surface area contributed by atoms with Gasteiger partial charge in [-0.05, 0) is 30.2 Å². The molecule has 1 heterocycles. The highest BCUT2D eigenvalue weighted by molar-refractivity contribution is 5.94. The Kier molecular flexibility index (Phi) is 6.86. The van der Waals surface area contributed by atoms with E-state index in [-0.39, 0.29) is 5.91 Å². The third-order valence-electron chi connectivity index (χ3n) is 4.75. The normalized spacial score (nSPS) is 17.2. The summed E-state index contributed by atoms with van der Waals surface area (Å²) >= 11 is 0. The Balaban J connectivity index is 1.99. The lowest BCUT2D eigenvalue weighted by molar-refractivity contribution is 0.00191. The van der Waals surface area contributed by atoms with Crippen molar-refractivity contribution in [1.29, 1.82) is 0 Å². The molecule has 0 aromatic heterocycles. The number of nitrogens with one attached hydrogen (secondary N) is 1. The lowest BCUT2D eigenvalue weighted by Crippen LogP contribution is -2.52. The molecule has 1 unspecified atom stereocenters. The summed E-state index contributed by atoms with van der Waals surface area (Å²) in [6.07, 6.45) is 2.24. The molecule has 0 aliphatic carbocycles. The number of carbonyl (C=O) groups excluding carboxylic acids is 1. The minimum Gasteiger partial charge on any atom is -0.399 e. The fraction of sp³-hybridized carbons (Fsp3) is 0.611. The first-order valence-corrected chi connectivity index (χ1v) is 8.61. The van der Waals surface area contributed by atoms with Gasteiger partial charge in [-0.3, -0.25) is 9.69 Å². The van der Waals surface area contributed by atoms with E-state index in [1.54, 1.807) is 24.3 Å². The van der Waals surface area contributed by atoms with E-state index in [2.05, 4.69) is 24.1 Å². The first-order chi connectivity index (χ1) is 11.2. The average molecular weight is 319 g/mol. The standard InChI is InChI=1S/C18H29N3O2/c1-3-14(4-2)17(21-9-11-23-12-10-21)13-20-18(22)15-5-7-16(19)8-6-15/h5-8,14,17H,3-4,9-13,19H2,1-2H3,(H,20,22). The van der Waals surface area contributed by atoms with Crippen LogP contribution in [0.25, 0.3) is 0 Å². The van der Waals surface area contributed by atoms with Crippen LogP contribution in [-0.2, 0) is 4.74 Å². The number of hydrogen-bond acceptors (Lipinski definition) is 4. The van der Waals surface area contributed by atoms with Gasteiger partial charge in [0.1, 0.15) is 0 Å². The van der Waals surface area contributed by atoms with E-state index in [4.69, 9.17) is 10.5 Å². The van der Waals surface area contributed by atoms with Crippen LogP contribution in [0.5, 0.6) is 0 Å². The minimum atomic E-state index is -0.0331. The van der Waals surface area contributed by atoms with E-state index in [9.17, 15) is 4.79 Å². The van der Waals surface area contributed by atoms with Crippen LogP contribution in [0.2, 0.25) is 0 Å². The Bertz CT molecular complexity index is 480. The number of rotatable bonds is 7. The van der Waals surface area contributed by atoms with Crippen LogP contribution in [0.1, 0.15) is 37.0 Å². The summed E-state index contributed by atoms with van der Waals surface area (Å²) in [4.78, 5) is 14.8. The number of amides is 1. The molecule has 0 radical (unpaired) electrons. The van der Waals surface area contributed by atoms with Gasteiger partial charge in [0.05, 0.1) is 13.2 Å². The van der Waals surface area contributed by atoms with Gasteiger partial charge < -0.3 is 15.8 Å². The summed E-state index contributed by atoms with van der Waals surface area (Å²) < 4.78 is 5.46. The lowest BCUT2D eigenvalue weighted by atomic mass is 9.92. The number of nitrogen functional groups attached to an aromatic ring is 1. The Morgan fingerprint density at radius 3 is 2.39 bits per heavy atom. The molecular weight excluding hydrogens is 290 g/mol. The number of morpholine rings is 1. The fourth-order valence-corrected chi connectivity index (χ4v) is 3.27. The SMILES string of the molecule is CCC(CC)C(CNC(=O)c1ccc(N)cc1)N1CCOCC1. The van der Waals surface area contributed by atoms with Gasteiger partial charge in [-0.1, -0.05) is 26.7 Å². The van der Waals surface area contributed by atoms with Crippen LogP contribution in [0.4, 0.5) is 5.69 Å². The Labute approximate surface area is 139 Å². The summed E-state index contributed by atoms with van der Waals surface area (Å²) in [7, 11) is 0. The number of ether oxygens (including phenoxy) is 1. The van der Waals surface area contributed by atoms with Crippen LogP contribution in [-0.4, -0.2) is 49.7 Å². The molecule has 1 aliphatic rings. The zero-order valence-electron chi connectivity index (χ0n) is 14.3. The molecule has 23 heavy (non-hydrogen) atoms. The Morgan fingerprint density at radius 2 is 1.83 bits per heavy atom. The van der Waals surface area contributed by atoms with Crippen LogP contribution in [0.3, 0.4) is 0 Å². The molecule has 0 saturated carbocycles. The molecule has 1 fully saturated rings. The van der Waals surface area contributed by atoms with Crippen molar-refractivity contribution < 1.29 is 9.53 Å². The van der Waals surface area contributed by atoms with E-state index >= 15 is 0 Å². The number of hydrogen-bond donors (Lipinski definition) is 2. The van der Waals surface area contributed by atoms with Crippen LogP contribution < -0.4 is 11.1 Å². The molecule has 3 N–H and O–H groups in total. The van der Waals surface area contributed by atoms with E-state index in [1.165, 1.54) is 0 Å². The maximum Gasteiger partial charge on any atom is 0.251 e. The molecule has 1 amide bonds.